The number of hydrogen-bond donors (Lipinski definition) is 1. The van der Waals surface area contributed by atoms with Crippen LogP contribution in [-0.2, 0) is 6.42 Å². The van der Waals surface area contributed by atoms with Crippen LogP contribution in [0.1, 0.15) is 25.3 Å². The second-order valence-electron chi connectivity index (χ2n) is 6.30. The molecule has 0 saturated carbocycles. The molecule has 2 aromatic heterocycles. The number of ether oxygens (including phenoxy) is 2. The van der Waals surface area contributed by atoms with Gasteiger partial charge >= 0.3 is 0 Å². The molecular weight excluding hydrogens is 340 g/mol. The number of nitrogens with zero attached hydrogens (tertiary/aromatic N) is 2. The molecule has 0 saturated heterocycles. The molecule has 1 aromatic carbocycles. The van der Waals surface area contributed by atoms with Crippen molar-refractivity contribution >= 4 is 0 Å². The van der Waals surface area contributed by atoms with Crippen molar-refractivity contribution in [3.05, 3.63) is 66.6 Å². The number of benzene rings is 1. The highest BCUT2D eigenvalue weighted by Crippen LogP contribution is 2.29. The minimum atomic E-state index is -0.297. The van der Waals surface area contributed by atoms with E-state index in [0.29, 0.717) is 12.3 Å². The molecule has 2 heterocycles. The van der Waals surface area contributed by atoms with Gasteiger partial charge in [-0.15, -0.1) is 0 Å². The Labute approximate surface area is 159 Å². The Kier molecular flexibility index (Phi) is 6.39. The largest absolute Gasteiger partial charge is 0.481 e. The molecule has 0 bridgehead atoms. The molecule has 0 aliphatic heterocycles. The summed E-state index contributed by atoms with van der Waals surface area (Å²) in [6.45, 7) is 1.98. The maximum Gasteiger partial charge on any atom is 0.213 e. The number of aliphatic hydroxyl groups excluding tert-OH is 1. The zero-order valence-corrected chi connectivity index (χ0v) is 15.6. The first kappa shape index (κ1) is 18.9. The molecule has 0 aliphatic carbocycles. The van der Waals surface area contributed by atoms with Gasteiger partial charge in [-0.25, -0.2) is 4.98 Å². The van der Waals surface area contributed by atoms with Gasteiger partial charge < -0.3 is 14.6 Å². The van der Waals surface area contributed by atoms with Crippen molar-refractivity contribution in [1.29, 1.82) is 0 Å². The number of aliphatic hydroxyl groups is 1. The molecule has 0 fully saturated rings. The predicted octanol–water partition coefficient (Wildman–Crippen LogP) is 4.65. The van der Waals surface area contributed by atoms with E-state index >= 15 is 0 Å². The van der Waals surface area contributed by atoms with E-state index in [4.69, 9.17) is 9.47 Å². The predicted molar refractivity (Wildman–Crippen MR) is 105 cm³/mol. The average Bonchev–Trinajstić information content (AvgIpc) is 2.73. The third kappa shape index (κ3) is 5.05. The third-order valence-corrected chi connectivity index (χ3v) is 4.44. The van der Waals surface area contributed by atoms with Crippen LogP contribution in [-0.4, -0.2) is 28.3 Å². The summed E-state index contributed by atoms with van der Waals surface area (Å²) in [5.41, 5.74) is 3.09. The SMILES string of the molecule is CCC(O)CCc1cnccc1Oc1ccc(-c2ccnc(OC)c2)cc1. The monoisotopic (exact) mass is 364 g/mol. The third-order valence-electron chi connectivity index (χ3n) is 4.44. The van der Waals surface area contributed by atoms with E-state index in [1.54, 1.807) is 25.7 Å². The number of rotatable bonds is 8. The molecule has 0 amide bonds. The molecular formula is C22H24N2O3. The van der Waals surface area contributed by atoms with Crippen molar-refractivity contribution in [2.75, 3.05) is 7.11 Å². The number of hydrogen-bond acceptors (Lipinski definition) is 5. The maximum atomic E-state index is 9.80. The standard InChI is InChI=1S/C22H24N2O3/c1-3-19(25)7-4-18-15-23-12-11-21(18)27-20-8-5-16(6-9-20)17-10-13-24-22(14-17)26-2/h5-6,8-15,19,25H,3-4,7H2,1-2H3. The van der Waals surface area contributed by atoms with Crippen LogP contribution in [0.3, 0.4) is 0 Å². The summed E-state index contributed by atoms with van der Waals surface area (Å²) in [4.78, 5) is 8.31. The van der Waals surface area contributed by atoms with Gasteiger partial charge in [-0.2, -0.15) is 0 Å². The van der Waals surface area contributed by atoms with Crippen LogP contribution >= 0.6 is 0 Å². The van der Waals surface area contributed by atoms with Crippen LogP contribution in [0.5, 0.6) is 17.4 Å². The van der Waals surface area contributed by atoms with Gasteiger partial charge in [0.25, 0.3) is 0 Å². The second kappa shape index (κ2) is 9.14. The molecule has 0 radical (unpaired) electrons. The highest BCUT2D eigenvalue weighted by atomic mass is 16.5. The van der Waals surface area contributed by atoms with Crippen LogP contribution in [0.2, 0.25) is 0 Å². The van der Waals surface area contributed by atoms with Gasteiger partial charge in [-0.1, -0.05) is 19.1 Å². The Bertz CT molecular complexity index is 865. The number of methoxy groups -OCH3 is 1. The minimum Gasteiger partial charge on any atom is -0.481 e. The van der Waals surface area contributed by atoms with Crippen LogP contribution in [0.15, 0.2) is 61.1 Å². The second-order valence-corrected chi connectivity index (χ2v) is 6.30. The molecule has 3 aromatic rings. The topological polar surface area (TPSA) is 64.5 Å². The maximum absolute atomic E-state index is 9.80. The van der Waals surface area contributed by atoms with Crippen molar-refractivity contribution in [3.63, 3.8) is 0 Å². The van der Waals surface area contributed by atoms with E-state index in [0.717, 1.165) is 41.0 Å². The van der Waals surface area contributed by atoms with E-state index in [1.165, 1.54) is 0 Å². The Morgan fingerprint density at radius 2 is 1.85 bits per heavy atom. The highest BCUT2D eigenvalue weighted by Gasteiger charge is 2.09. The lowest BCUT2D eigenvalue weighted by atomic mass is 10.1. The van der Waals surface area contributed by atoms with Gasteiger partial charge in [0, 0.05) is 30.2 Å². The Morgan fingerprint density at radius 1 is 1.04 bits per heavy atom. The van der Waals surface area contributed by atoms with Crippen molar-refractivity contribution in [2.45, 2.75) is 32.3 Å². The number of aryl methyl sites for hydroxylation is 1. The zero-order valence-electron chi connectivity index (χ0n) is 15.6. The minimum absolute atomic E-state index is 0.297. The summed E-state index contributed by atoms with van der Waals surface area (Å²) >= 11 is 0. The smallest absolute Gasteiger partial charge is 0.213 e. The fourth-order valence-corrected chi connectivity index (χ4v) is 2.77. The lowest BCUT2D eigenvalue weighted by molar-refractivity contribution is 0.160. The van der Waals surface area contributed by atoms with Crippen molar-refractivity contribution in [3.8, 4) is 28.5 Å². The first-order chi connectivity index (χ1) is 13.2. The summed E-state index contributed by atoms with van der Waals surface area (Å²) < 4.78 is 11.2. The molecule has 5 nitrogen and oxygen atoms in total. The molecule has 1 atom stereocenters. The average molecular weight is 364 g/mol. The Hall–Kier alpha value is -2.92. The van der Waals surface area contributed by atoms with Gasteiger partial charge in [0.2, 0.25) is 5.88 Å². The molecule has 0 spiro atoms. The highest BCUT2D eigenvalue weighted by molar-refractivity contribution is 5.64. The molecule has 3 rings (SSSR count). The quantitative estimate of drug-likeness (QED) is 0.630. The normalized spacial score (nSPS) is 11.8. The van der Waals surface area contributed by atoms with Gasteiger partial charge in [0.05, 0.1) is 13.2 Å². The fraction of sp³-hybridized carbons (Fsp3) is 0.273. The van der Waals surface area contributed by atoms with Gasteiger partial charge in [0.1, 0.15) is 11.5 Å². The molecule has 5 heteroatoms. The Morgan fingerprint density at radius 3 is 2.59 bits per heavy atom. The zero-order chi connectivity index (χ0) is 19.1. The van der Waals surface area contributed by atoms with Crippen molar-refractivity contribution < 1.29 is 14.6 Å². The van der Waals surface area contributed by atoms with Crippen LogP contribution in [0.25, 0.3) is 11.1 Å². The number of pyridine rings is 2. The molecule has 1 unspecified atom stereocenters. The van der Waals surface area contributed by atoms with E-state index in [-0.39, 0.29) is 6.10 Å². The van der Waals surface area contributed by atoms with Gasteiger partial charge in [-0.3, -0.25) is 4.98 Å². The van der Waals surface area contributed by atoms with E-state index in [9.17, 15) is 5.11 Å². The fourth-order valence-electron chi connectivity index (χ4n) is 2.77. The summed E-state index contributed by atoms with van der Waals surface area (Å²) in [6.07, 6.45) is 7.12. The van der Waals surface area contributed by atoms with E-state index < -0.39 is 0 Å². The van der Waals surface area contributed by atoms with Gasteiger partial charge in [-0.05, 0) is 54.7 Å². The first-order valence-electron chi connectivity index (χ1n) is 9.09. The molecule has 140 valence electrons. The lowest BCUT2D eigenvalue weighted by Crippen LogP contribution is -2.06. The van der Waals surface area contributed by atoms with Crippen molar-refractivity contribution in [1.82, 2.24) is 9.97 Å². The van der Waals surface area contributed by atoms with Gasteiger partial charge in [0.15, 0.2) is 0 Å². The van der Waals surface area contributed by atoms with Crippen molar-refractivity contribution in [2.24, 2.45) is 0 Å². The van der Waals surface area contributed by atoms with E-state index in [2.05, 4.69) is 9.97 Å². The first-order valence-corrected chi connectivity index (χ1v) is 9.09. The lowest BCUT2D eigenvalue weighted by Gasteiger charge is -2.13. The summed E-state index contributed by atoms with van der Waals surface area (Å²) in [5, 5.41) is 9.80. The molecule has 1 N–H and O–H groups in total. The van der Waals surface area contributed by atoms with Crippen LogP contribution in [0, 0.1) is 0 Å². The number of aromatic nitrogens is 2. The summed E-state index contributed by atoms with van der Waals surface area (Å²) in [7, 11) is 1.61. The molecule has 27 heavy (non-hydrogen) atoms. The van der Waals surface area contributed by atoms with Crippen LogP contribution in [0.4, 0.5) is 0 Å². The molecule has 0 aliphatic rings. The Balaban J connectivity index is 1.73. The summed E-state index contributed by atoms with van der Waals surface area (Å²) in [6, 6.07) is 13.6. The van der Waals surface area contributed by atoms with Crippen LogP contribution < -0.4 is 9.47 Å². The summed E-state index contributed by atoms with van der Waals surface area (Å²) in [5.74, 6) is 2.11. The van der Waals surface area contributed by atoms with E-state index in [1.807, 2.05) is 49.4 Å².